The minimum absolute atomic E-state index is 0. The van der Waals surface area contributed by atoms with Crippen molar-refractivity contribution < 1.29 is 9.47 Å². The van der Waals surface area contributed by atoms with Gasteiger partial charge in [0, 0.05) is 70.9 Å². The van der Waals surface area contributed by atoms with E-state index in [1.165, 1.54) is 31.7 Å². The van der Waals surface area contributed by atoms with Crippen molar-refractivity contribution in [2.45, 2.75) is 33.7 Å². The summed E-state index contributed by atoms with van der Waals surface area (Å²) < 4.78 is 11.7. The number of likely N-dealkylation sites (N-methyl/N-ethyl adjacent to an activating group) is 1. The van der Waals surface area contributed by atoms with E-state index in [0.717, 1.165) is 56.5 Å². The third kappa shape index (κ3) is 9.58. The van der Waals surface area contributed by atoms with Crippen LogP contribution in [0.15, 0.2) is 23.2 Å². The molecule has 0 radical (unpaired) electrons. The van der Waals surface area contributed by atoms with E-state index in [1.807, 2.05) is 7.05 Å². The van der Waals surface area contributed by atoms with Gasteiger partial charge in [0.2, 0.25) is 0 Å². The van der Waals surface area contributed by atoms with Crippen LogP contribution >= 0.6 is 24.0 Å². The average molecular weight is 574 g/mol. The minimum atomic E-state index is 0. The van der Waals surface area contributed by atoms with Crippen LogP contribution in [0.3, 0.4) is 0 Å². The van der Waals surface area contributed by atoms with Crippen LogP contribution in [0.4, 0.5) is 0 Å². The molecule has 0 amide bonds. The Morgan fingerprint density at radius 1 is 1.21 bits per heavy atom. The largest absolute Gasteiger partial charge is 0.493 e. The molecular formula is C25H44IN5O2. The lowest BCUT2D eigenvalue weighted by Crippen LogP contribution is -2.48. The maximum absolute atomic E-state index is 6.18. The molecule has 2 saturated heterocycles. The van der Waals surface area contributed by atoms with Gasteiger partial charge >= 0.3 is 0 Å². The van der Waals surface area contributed by atoms with Crippen molar-refractivity contribution in [1.29, 1.82) is 0 Å². The monoisotopic (exact) mass is 573 g/mol. The zero-order valence-corrected chi connectivity index (χ0v) is 23.3. The van der Waals surface area contributed by atoms with Crippen LogP contribution in [0, 0.1) is 18.8 Å². The van der Waals surface area contributed by atoms with E-state index < -0.39 is 0 Å². The van der Waals surface area contributed by atoms with E-state index in [9.17, 15) is 0 Å². The number of guanidine groups is 1. The van der Waals surface area contributed by atoms with E-state index >= 15 is 0 Å². The predicted molar refractivity (Wildman–Crippen MR) is 147 cm³/mol. The van der Waals surface area contributed by atoms with Gasteiger partial charge in [-0.05, 0) is 37.4 Å². The summed E-state index contributed by atoms with van der Waals surface area (Å²) in [5, 5.41) is 6.96. The van der Waals surface area contributed by atoms with Gasteiger partial charge in [0.15, 0.2) is 5.96 Å². The number of nitrogens with one attached hydrogen (secondary N) is 2. The third-order valence-electron chi connectivity index (χ3n) is 6.49. The summed E-state index contributed by atoms with van der Waals surface area (Å²) in [7, 11) is 1.83. The summed E-state index contributed by atoms with van der Waals surface area (Å²) in [5.41, 5.74) is 2.36. The minimum Gasteiger partial charge on any atom is -0.493 e. The fraction of sp³-hybridized carbons (Fsp3) is 0.720. The molecule has 3 rings (SSSR count). The van der Waals surface area contributed by atoms with Crippen molar-refractivity contribution in [2.24, 2.45) is 16.8 Å². The predicted octanol–water partition coefficient (Wildman–Crippen LogP) is 2.97. The Morgan fingerprint density at radius 2 is 1.97 bits per heavy atom. The molecule has 1 aromatic carbocycles. The van der Waals surface area contributed by atoms with Gasteiger partial charge in [0.25, 0.3) is 0 Å². The number of hydrogen-bond acceptors (Lipinski definition) is 5. The Bertz CT molecular complexity index is 719. The van der Waals surface area contributed by atoms with Crippen LogP contribution in [0.1, 0.15) is 31.4 Å². The van der Waals surface area contributed by atoms with E-state index in [0.29, 0.717) is 25.0 Å². The molecule has 0 aliphatic carbocycles. The molecule has 8 heteroatoms. The fourth-order valence-electron chi connectivity index (χ4n) is 4.33. The van der Waals surface area contributed by atoms with Crippen LogP contribution in [0.25, 0.3) is 0 Å². The molecule has 0 spiro atoms. The molecule has 0 bridgehead atoms. The molecule has 2 aliphatic rings. The van der Waals surface area contributed by atoms with Gasteiger partial charge in [-0.3, -0.25) is 4.99 Å². The first-order chi connectivity index (χ1) is 15.6. The highest BCUT2D eigenvalue weighted by molar-refractivity contribution is 14.0. The first-order valence-corrected chi connectivity index (χ1v) is 12.3. The topological polar surface area (TPSA) is 61.4 Å². The molecule has 2 unspecified atom stereocenters. The third-order valence-corrected chi connectivity index (χ3v) is 6.49. The van der Waals surface area contributed by atoms with Crippen LogP contribution in [-0.4, -0.2) is 88.4 Å². The van der Waals surface area contributed by atoms with Crippen LogP contribution in [-0.2, 0) is 11.3 Å². The molecule has 0 saturated carbocycles. The molecule has 2 atom stereocenters. The number of aryl methyl sites for hydroxylation is 1. The Balaban J connectivity index is 0.00000385. The van der Waals surface area contributed by atoms with E-state index in [2.05, 4.69) is 64.4 Å². The molecule has 1 aromatic rings. The summed E-state index contributed by atoms with van der Waals surface area (Å²) in [6, 6.07) is 6.41. The van der Waals surface area contributed by atoms with Gasteiger partial charge in [-0.2, -0.15) is 0 Å². The second-order valence-corrected chi connectivity index (χ2v) is 9.30. The number of halogens is 1. The SMILES string of the molecule is CCN1CCN(CC(C)CNC(=NC)NCc2ccc(C)cc2OCC2CCOC2)CC1.I. The molecule has 2 aliphatic heterocycles. The summed E-state index contributed by atoms with van der Waals surface area (Å²) >= 11 is 0. The summed E-state index contributed by atoms with van der Waals surface area (Å²) in [4.78, 5) is 9.52. The standard InChI is InChI=1S/C25H43N5O2.HI/c1-5-29-9-11-30(12-10-29)17-21(3)15-27-25(26-4)28-16-23-7-6-20(2)14-24(23)32-19-22-8-13-31-18-22;/h6-7,14,21-22H,5,8-13,15-19H2,1-4H3,(H2,26,27,28);1H. The number of aliphatic imine (C=N–C) groups is 1. The molecule has 7 nitrogen and oxygen atoms in total. The van der Waals surface area contributed by atoms with Gasteiger partial charge in [0.1, 0.15) is 5.75 Å². The Hall–Kier alpha value is -1.10. The van der Waals surface area contributed by atoms with Crippen molar-refractivity contribution in [3.05, 3.63) is 29.3 Å². The maximum atomic E-state index is 6.18. The molecular weight excluding hydrogens is 529 g/mol. The molecule has 0 aromatic heterocycles. The normalized spacial score (nSPS) is 20.8. The Morgan fingerprint density at radius 3 is 2.64 bits per heavy atom. The van der Waals surface area contributed by atoms with Crippen molar-refractivity contribution in [3.8, 4) is 5.75 Å². The number of piperazine rings is 1. The van der Waals surface area contributed by atoms with E-state index in [4.69, 9.17) is 9.47 Å². The van der Waals surface area contributed by atoms with Gasteiger partial charge in [-0.15, -0.1) is 24.0 Å². The van der Waals surface area contributed by atoms with Gasteiger partial charge in [-0.1, -0.05) is 26.0 Å². The molecule has 2 fully saturated rings. The molecule has 188 valence electrons. The zero-order chi connectivity index (χ0) is 22.8. The highest BCUT2D eigenvalue weighted by Crippen LogP contribution is 2.22. The highest BCUT2D eigenvalue weighted by Gasteiger charge is 2.18. The lowest BCUT2D eigenvalue weighted by molar-refractivity contribution is 0.124. The summed E-state index contributed by atoms with van der Waals surface area (Å²) in [6.45, 7) is 17.6. The zero-order valence-electron chi connectivity index (χ0n) is 20.9. The van der Waals surface area contributed by atoms with Gasteiger partial charge in [-0.25, -0.2) is 0 Å². The second-order valence-electron chi connectivity index (χ2n) is 9.30. The highest BCUT2D eigenvalue weighted by atomic mass is 127. The van der Waals surface area contributed by atoms with Crippen molar-refractivity contribution >= 4 is 29.9 Å². The Kier molecular flexibility index (Phi) is 12.8. The number of benzene rings is 1. The molecule has 33 heavy (non-hydrogen) atoms. The number of hydrogen-bond donors (Lipinski definition) is 2. The van der Waals surface area contributed by atoms with Crippen LogP contribution in [0.2, 0.25) is 0 Å². The first kappa shape index (κ1) is 28.1. The lowest BCUT2D eigenvalue weighted by atomic mass is 10.1. The van der Waals surface area contributed by atoms with Crippen molar-refractivity contribution in [3.63, 3.8) is 0 Å². The van der Waals surface area contributed by atoms with Gasteiger partial charge < -0.3 is 29.9 Å². The van der Waals surface area contributed by atoms with Crippen LogP contribution in [0.5, 0.6) is 5.75 Å². The number of rotatable bonds is 10. The van der Waals surface area contributed by atoms with Crippen molar-refractivity contribution in [2.75, 3.05) is 72.7 Å². The quantitative estimate of drug-likeness (QED) is 0.255. The summed E-state index contributed by atoms with van der Waals surface area (Å²) in [6.07, 6.45) is 1.09. The van der Waals surface area contributed by atoms with Crippen LogP contribution < -0.4 is 15.4 Å². The molecule has 2 heterocycles. The second kappa shape index (κ2) is 15.0. The summed E-state index contributed by atoms with van der Waals surface area (Å²) in [5.74, 6) is 2.86. The van der Waals surface area contributed by atoms with Gasteiger partial charge in [0.05, 0.1) is 13.2 Å². The fourth-order valence-corrected chi connectivity index (χ4v) is 4.33. The van der Waals surface area contributed by atoms with E-state index in [-0.39, 0.29) is 24.0 Å². The van der Waals surface area contributed by atoms with Crippen molar-refractivity contribution in [1.82, 2.24) is 20.4 Å². The number of nitrogens with zero attached hydrogens (tertiary/aromatic N) is 3. The average Bonchev–Trinajstić information content (AvgIpc) is 3.33. The smallest absolute Gasteiger partial charge is 0.191 e. The maximum Gasteiger partial charge on any atom is 0.191 e. The van der Waals surface area contributed by atoms with E-state index in [1.54, 1.807) is 0 Å². The molecule has 2 N–H and O–H groups in total. The lowest BCUT2D eigenvalue weighted by Gasteiger charge is -2.35. The number of ether oxygens (including phenoxy) is 2. The Labute approximate surface area is 217 Å². The first-order valence-electron chi connectivity index (χ1n) is 12.3.